The molecule has 1 N–H and O–H groups in total. The van der Waals surface area contributed by atoms with Gasteiger partial charge in [0.05, 0.1) is 19.3 Å². The van der Waals surface area contributed by atoms with Gasteiger partial charge < -0.3 is 14.8 Å². The number of benzene rings is 2. The van der Waals surface area contributed by atoms with Gasteiger partial charge in [-0.3, -0.25) is 4.79 Å². The van der Waals surface area contributed by atoms with Crippen molar-refractivity contribution in [1.82, 2.24) is 0 Å². The van der Waals surface area contributed by atoms with Crippen LogP contribution < -0.4 is 10.1 Å². The average Bonchev–Trinajstić information content (AvgIpc) is 2.61. The van der Waals surface area contributed by atoms with Crippen molar-refractivity contribution in [1.29, 1.82) is 0 Å². The lowest BCUT2D eigenvalue weighted by atomic mass is 10.2. The number of para-hydroxylation sites is 1. The number of rotatable bonds is 6. The van der Waals surface area contributed by atoms with Gasteiger partial charge in [0.1, 0.15) is 5.75 Å². The highest BCUT2D eigenvalue weighted by Crippen LogP contribution is 2.18. The van der Waals surface area contributed by atoms with Gasteiger partial charge in [0.25, 0.3) is 0 Å². The van der Waals surface area contributed by atoms with E-state index in [9.17, 15) is 9.59 Å². The molecule has 0 saturated heterocycles. The summed E-state index contributed by atoms with van der Waals surface area (Å²) in [6.45, 7) is 2.08. The molecule has 0 unspecified atom stereocenters. The molecule has 0 aromatic heterocycles. The molecule has 0 aliphatic heterocycles. The van der Waals surface area contributed by atoms with Crippen LogP contribution >= 0.6 is 0 Å². The van der Waals surface area contributed by atoms with E-state index in [0.717, 1.165) is 5.56 Å². The summed E-state index contributed by atoms with van der Waals surface area (Å²) >= 11 is 0. The summed E-state index contributed by atoms with van der Waals surface area (Å²) in [7, 11) is 1.58. The normalized spacial score (nSPS) is 10.4. The number of methoxy groups -OCH3 is 1. The molecule has 0 aliphatic carbocycles. The van der Waals surface area contributed by atoms with Gasteiger partial charge in [-0.1, -0.05) is 18.2 Å². The van der Waals surface area contributed by atoms with E-state index in [4.69, 9.17) is 9.47 Å². The van der Waals surface area contributed by atoms with Gasteiger partial charge in [0.2, 0.25) is 5.91 Å². The monoisotopic (exact) mass is 325 g/mol. The summed E-state index contributed by atoms with van der Waals surface area (Å²) in [5, 5.41) is 2.73. The maximum Gasteiger partial charge on any atom is 0.338 e. The van der Waals surface area contributed by atoms with Crippen molar-refractivity contribution in [3.63, 3.8) is 0 Å². The number of hydrogen-bond acceptors (Lipinski definition) is 4. The van der Waals surface area contributed by atoms with Crippen molar-refractivity contribution in [3.05, 3.63) is 65.7 Å². The number of nitrogens with one attached hydrogen (secondary N) is 1. The van der Waals surface area contributed by atoms with Crippen LogP contribution in [0.2, 0.25) is 0 Å². The van der Waals surface area contributed by atoms with Crippen LogP contribution in [0.25, 0.3) is 6.08 Å². The Morgan fingerprint density at radius 1 is 1.08 bits per heavy atom. The Labute approximate surface area is 140 Å². The zero-order valence-corrected chi connectivity index (χ0v) is 13.6. The Morgan fingerprint density at radius 2 is 1.79 bits per heavy atom. The van der Waals surface area contributed by atoms with Crippen molar-refractivity contribution in [2.75, 3.05) is 19.0 Å². The molecule has 0 spiro atoms. The summed E-state index contributed by atoms with van der Waals surface area (Å²) in [5.41, 5.74) is 1.85. The van der Waals surface area contributed by atoms with Gasteiger partial charge in [-0.2, -0.15) is 0 Å². The predicted molar refractivity (Wildman–Crippen MR) is 93.1 cm³/mol. The van der Waals surface area contributed by atoms with Crippen molar-refractivity contribution >= 4 is 23.6 Å². The molecule has 1 amide bonds. The van der Waals surface area contributed by atoms with Crippen LogP contribution in [0.3, 0.4) is 0 Å². The van der Waals surface area contributed by atoms with E-state index in [2.05, 4.69) is 5.32 Å². The van der Waals surface area contributed by atoms with Gasteiger partial charge in [-0.15, -0.1) is 0 Å². The Bertz CT molecular complexity index is 735. The van der Waals surface area contributed by atoms with Crippen LogP contribution in [0.4, 0.5) is 5.69 Å². The molecule has 0 aliphatic rings. The highest BCUT2D eigenvalue weighted by molar-refractivity contribution is 6.02. The smallest absolute Gasteiger partial charge is 0.338 e. The third-order valence-electron chi connectivity index (χ3n) is 3.22. The zero-order valence-electron chi connectivity index (χ0n) is 13.6. The quantitative estimate of drug-likeness (QED) is 0.652. The second-order valence-corrected chi connectivity index (χ2v) is 4.86. The minimum Gasteiger partial charge on any atom is -0.496 e. The molecule has 0 heterocycles. The van der Waals surface area contributed by atoms with Crippen LogP contribution in [0.15, 0.2) is 54.6 Å². The van der Waals surface area contributed by atoms with Crippen LogP contribution in [0.5, 0.6) is 5.75 Å². The van der Waals surface area contributed by atoms with Crippen molar-refractivity contribution < 1.29 is 19.1 Å². The molecule has 24 heavy (non-hydrogen) atoms. The lowest BCUT2D eigenvalue weighted by Gasteiger charge is -2.05. The minimum absolute atomic E-state index is 0.273. The van der Waals surface area contributed by atoms with E-state index >= 15 is 0 Å². The fourth-order valence-corrected chi connectivity index (χ4v) is 2.06. The van der Waals surface area contributed by atoms with E-state index in [1.165, 1.54) is 6.08 Å². The number of ether oxygens (including phenoxy) is 2. The molecule has 0 atom stereocenters. The number of esters is 1. The van der Waals surface area contributed by atoms with E-state index in [1.807, 2.05) is 24.3 Å². The van der Waals surface area contributed by atoms with Crippen LogP contribution in [-0.4, -0.2) is 25.6 Å². The van der Waals surface area contributed by atoms with Crippen LogP contribution in [-0.2, 0) is 9.53 Å². The molecule has 0 saturated carbocycles. The first-order valence-electron chi connectivity index (χ1n) is 7.53. The predicted octanol–water partition coefficient (Wildman–Crippen LogP) is 3.52. The molecule has 0 radical (unpaired) electrons. The van der Waals surface area contributed by atoms with Gasteiger partial charge in [0.15, 0.2) is 0 Å². The molecule has 0 fully saturated rings. The Balaban J connectivity index is 1.99. The third-order valence-corrected chi connectivity index (χ3v) is 3.22. The van der Waals surface area contributed by atoms with Crippen LogP contribution in [0, 0.1) is 0 Å². The molecule has 2 rings (SSSR count). The molecule has 2 aromatic rings. The lowest BCUT2D eigenvalue weighted by Crippen LogP contribution is -2.09. The molecule has 5 nitrogen and oxygen atoms in total. The summed E-state index contributed by atoms with van der Waals surface area (Å²) in [6.07, 6.45) is 3.11. The fourth-order valence-electron chi connectivity index (χ4n) is 2.06. The first kappa shape index (κ1) is 17.3. The van der Waals surface area contributed by atoms with E-state index < -0.39 is 0 Å². The van der Waals surface area contributed by atoms with E-state index in [0.29, 0.717) is 23.6 Å². The number of carbonyl (C=O) groups is 2. The van der Waals surface area contributed by atoms with Gasteiger partial charge in [-0.25, -0.2) is 4.79 Å². The SMILES string of the molecule is CCOC(=O)c1ccc(NC(=O)C=Cc2ccccc2OC)cc1. The summed E-state index contributed by atoms with van der Waals surface area (Å²) in [6, 6.07) is 13.9. The van der Waals surface area contributed by atoms with Crippen molar-refractivity contribution in [3.8, 4) is 5.75 Å². The standard InChI is InChI=1S/C19H19NO4/c1-3-24-19(22)15-8-11-16(12-9-15)20-18(21)13-10-14-6-4-5-7-17(14)23-2/h4-13H,3H2,1-2H3,(H,20,21). The Kier molecular flexibility index (Phi) is 6.14. The third kappa shape index (κ3) is 4.71. The second kappa shape index (κ2) is 8.53. The van der Waals surface area contributed by atoms with Crippen LogP contribution in [0.1, 0.15) is 22.8 Å². The largest absolute Gasteiger partial charge is 0.496 e. The van der Waals surface area contributed by atoms with E-state index in [1.54, 1.807) is 44.4 Å². The number of hydrogen-bond donors (Lipinski definition) is 1. The molecular formula is C19H19NO4. The molecule has 5 heteroatoms. The van der Waals surface area contributed by atoms with Gasteiger partial charge in [0, 0.05) is 17.3 Å². The lowest BCUT2D eigenvalue weighted by molar-refractivity contribution is -0.111. The zero-order chi connectivity index (χ0) is 17.4. The average molecular weight is 325 g/mol. The first-order valence-corrected chi connectivity index (χ1v) is 7.53. The summed E-state index contributed by atoms with van der Waals surface area (Å²) < 4.78 is 10.1. The topological polar surface area (TPSA) is 64.6 Å². The fraction of sp³-hybridized carbons (Fsp3) is 0.158. The number of carbonyl (C=O) groups excluding carboxylic acids is 2. The molecule has 2 aromatic carbocycles. The highest BCUT2D eigenvalue weighted by Gasteiger charge is 2.06. The second-order valence-electron chi connectivity index (χ2n) is 4.86. The summed E-state index contributed by atoms with van der Waals surface area (Å²) in [4.78, 5) is 23.5. The molecule has 124 valence electrons. The number of amides is 1. The van der Waals surface area contributed by atoms with E-state index in [-0.39, 0.29) is 11.9 Å². The Hall–Kier alpha value is -3.08. The molecular weight excluding hydrogens is 306 g/mol. The van der Waals surface area contributed by atoms with Crippen molar-refractivity contribution in [2.45, 2.75) is 6.92 Å². The van der Waals surface area contributed by atoms with Gasteiger partial charge >= 0.3 is 5.97 Å². The van der Waals surface area contributed by atoms with Gasteiger partial charge in [-0.05, 0) is 43.3 Å². The minimum atomic E-state index is -0.383. The Morgan fingerprint density at radius 3 is 2.46 bits per heavy atom. The highest BCUT2D eigenvalue weighted by atomic mass is 16.5. The first-order chi connectivity index (χ1) is 11.6. The maximum absolute atomic E-state index is 12.0. The number of anilines is 1. The summed E-state index contributed by atoms with van der Waals surface area (Å²) in [5.74, 6) is 0.0385. The van der Waals surface area contributed by atoms with Crippen molar-refractivity contribution in [2.24, 2.45) is 0 Å². The molecule has 0 bridgehead atoms. The maximum atomic E-state index is 12.0.